The predicted molar refractivity (Wildman–Crippen MR) is 267 cm³/mol. The van der Waals surface area contributed by atoms with E-state index in [0.29, 0.717) is 41.9 Å². The highest BCUT2D eigenvalue weighted by molar-refractivity contribution is 5.95. The summed E-state index contributed by atoms with van der Waals surface area (Å²) < 4.78 is 29.4. The minimum absolute atomic E-state index is 0.000523. The molecule has 5 aliphatic carbocycles. The van der Waals surface area contributed by atoms with E-state index >= 15 is 0 Å². The number of ether oxygens (including phenoxy) is 5. The van der Waals surface area contributed by atoms with Crippen molar-refractivity contribution in [3.05, 3.63) is 59.7 Å². The molecule has 0 radical (unpaired) electrons. The molecule has 0 aromatic heterocycles. The molecule has 10 heteroatoms. The Hall–Kier alpha value is -4.21. The van der Waals surface area contributed by atoms with E-state index in [2.05, 4.69) is 45.0 Å². The van der Waals surface area contributed by atoms with Crippen LogP contribution in [0, 0.1) is 58.2 Å². The van der Waals surface area contributed by atoms with Gasteiger partial charge in [0.2, 0.25) is 0 Å². The first kappa shape index (κ1) is 52.6. The number of rotatable bonds is 15. The summed E-state index contributed by atoms with van der Waals surface area (Å²) in [7, 11) is 0. The minimum atomic E-state index is -0.944. The Morgan fingerprint density at radius 2 is 1.19 bits per heavy atom. The van der Waals surface area contributed by atoms with Gasteiger partial charge in [-0.1, -0.05) is 69.3 Å². The number of fused-ring (bicyclic) bond motifs is 8. The number of hydrogen-bond acceptors (Lipinski definition) is 10. The molecule has 0 spiro atoms. The lowest BCUT2D eigenvalue weighted by atomic mass is 9.44. The van der Waals surface area contributed by atoms with Crippen LogP contribution in [-0.4, -0.2) is 59.4 Å². The van der Waals surface area contributed by atoms with Crippen molar-refractivity contribution in [3.63, 3.8) is 0 Å². The predicted octanol–water partition coefficient (Wildman–Crippen LogP) is 12.8. The van der Waals surface area contributed by atoms with Crippen LogP contribution in [0.15, 0.2) is 48.5 Å². The van der Waals surface area contributed by atoms with E-state index in [1.165, 1.54) is 32.1 Å². The zero-order chi connectivity index (χ0) is 50.3. The maximum Gasteiger partial charge on any atom is 0.320 e. The van der Waals surface area contributed by atoms with Crippen molar-refractivity contribution >= 4 is 29.8 Å². The molecule has 10 nitrogen and oxygen atoms in total. The van der Waals surface area contributed by atoms with Gasteiger partial charge in [0.25, 0.3) is 0 Å². The Kier molecular flexibility index (Phi) is 15.6. The standard InChI is InChI=1S/C59H84O10/c1-36(21-24-45(53(63)68-56(5,6)7)54(64)69-57(8,9)10)47-26-27-48-44-25-23-38-34-39(29-31-58(38,11)49(44)30-32-59(47,48)12)66-52(62)37(22-28-50(60)67-55(2,3)4)33-51(61)65-35-46-42-19-15-13-17-40(42)41-18-14-16-20-43(41)46/h13-20,36-39,44-49H,21-35H2,1-12H3/t36-,37-,38?,39-,44?,47?,48?,49?,58+,59-/m1/s1. The molecule has 0 aliphatic heterocycles. The van der Waals surface area contributed by atoms with Crippen molar-refractivity contribution in [1.82, 2.24) is 0 Å². The molecular weight excluding hydrogens is 869 g/mol. The van der Waals surface area contributed by atoms with Crippen molar-refractivity contribution in [2.75, 3.05) is 6.61 Å². The van der Waals surface area contributed by atoms with Gasteiger partial charge >= 0.3 is 29.8 Å². The molecule has 0 heterocycles. The van der Waals surface area contributed by atoms with E-state index in [1.54, 1.807) is 0 Å². The Labute approximate surface area is 413 Å². The van der Waals surface area contributed by atoms with Crippen molar-refractivity contribution in [3.8, 4) is 11.1 Å². The molecule has 5 aliphatic rings. The van der Waals surface area contributed by atoms with E-state index in [4.69, 9.17) is 23.7 Å². The highest BCUT2D eigenvalue weighted by atomic mass is 16.6. The highest BCUT2D eigenvalue weighted by Crippen LogP contribution is 2.68. The second kappa shape index (κ2) is 20.5. The SMILES string of the molecule is C[C@H](CCC(C(=O)OC(C)(C)C)C(=O)OC(C)(C)C)C1CCC2C3CCC4C[C@H](OC(=O)[C@H](CCC(=O)OC(C)(C)C)CC(=O)OCC5c6ccccc6-c6ccccc65)CC[C@]4(C)C3CC[C@@]21C. The van der Waals surface area contributed by atoms with Crippen LogP contribution in [0.3, 0.4) is 0 Å². The summed E-state index contributed by atoms with van der Waals surface area (Å²) in [5.74, 6) is -1.00. The minimum Gasteiger partial charge on any atom is -0.465 e. The van der Waals surface area contributed by atoms with Crippen molar-refractivity contribution in [2.45, 2.75) is 202 Å². The third kappa shape index (κ3) is 12.1. The van der Waals surface area contributed by atoms with E-state index in [0.717, 1.165) is 54.4 Å². The van der Waals surface area contributed by atoms with Gasteiger partial charge in [0.1, 0.15) is 29.5 Å². The fraction of sp³-hybridized carbons (Fsp3) is 0.712. The summed E-state index contributed by atoms with van der Waals surface area (Å²) in [6.07, 6.45) is 10.5. The lowest BCUT2D eigenvalue weighted by Gasteiger charge is -2.61. The first-order chi connectivity index (χ1) is 32.3. The maximum absolute atomic E-state index is 14.2. The molecular formula is C59H84O10. The molecule has 4 saturated carbocycles. The smallest absolute Gasteiger partial charge is 0.320 e. The van der Waals surface area contributed by atoms with Crippen LogP contribution in [0.5, 0.6) is 0 Å². The van der Waals surface area contributed by atoms with Gasteiger partial charge in [0.05, 0.1) is 12.3 Å². The van der Waals surface area contributed by atoms with Crippen LogP contribution < -0.4 is 0 Å². The first-order valence-electron chi connectivity index (χ1n) is 26.5. The van der Waals surface area contributed by atoms with Gasteiger partial charge in [0.15, 0.2) is 5.92 Å². The van der Waals surface area contributed by atoms with E-state index in [1.807, 2.05) is 86.6 Å². The molecule has 0 bridgehead atoms. The summed E-state index contributed by atoms with van der Waals surface area (Å²) >= 11 is 0. The number of carbonyl (C=O) groups excluding carboxylic acids is 5. The monoisotopic (exact) mass is 953 g/mol. The summed E-state index contributed by atoms with van der Waals surface area (Å²) in [6, 6.07) is 16.4. The third-order valence-electron chi connectivity index (χ3n) is 17.2. The van der Waals surface area contributed by atoms with Crippen molar-refractivity contribution in [1.29, 1.82) is 0 Å². The average molecular weight is 953 g/mol. The van der Waals surface area contributed by atoms with Crippen LogP contribution in [-0.2, 0) is 47.7 Å². The Bertz CT molecular complexity index is 2120. The van der Waals surface area contributed by atoms with Crippen molar-refractivity contribution in [2.24, 2.45) is 58.2 Å². The lowest BCUT2D eigenvalue weighted by molar-refractivity contribution is -0.175. The van der Waals surface area contributed by atoms with E-state index in [9.17, 15) is 24.0 Å². The van der Waals surface area contributed by atoms with Gasteiger partial charge in [-0.25, -0.2) is 0 Å². The molecule has 0 saturated heterocycles. The van der Waals surface area contributed by atoms with E-state index < -0.39 is 58.5 Å². The zero-order valence-corrected chi connectivity index (χ0v) is 44.1. The normalized spacial score (nSPS) is 28.5. The van der Waals surface area contributed by atoms with Gasteiger partial charge in [-0.15, -0.1) is 0 Å². The molecule has 5 unspecified atom stereocenters. The molecule has 2 aromatic rings. The summed E-state index contributed by atoms with van der Waals surface area (Å²) in [5.41, 5.74) is 2.82. The van der Waals surface area contributed by atoms with Gasteiger partial charge in [0, 0.05) is 12.3 Å². The molecule has 380 valence electrons. The average Bonchev–Trinajstić information content (AvgIpc) is 3.77. The molecule has 7 rings (SSSR count). The zero-order valence-electron chi connectivity index (χ0n) is 44.1. The van der Waals surface area contributed by atoms with E-state index in [-0.39, 0.29) is 48.7 Å². The Morgan fingerprint density at radius 1 is 0.623 bits per heavy atom. The number of benzene rings is 2. The molecule has 0 N–H and O–H groups in total. The van der Waals surface area contributed by atoms with Gasteiger partial charge in [-0.2, -0.15) is 0 Å². The molecule has 69 heavy (non-hydrogen) atoms. The number of hydrogen-bond donors (Lipinski definition) is 0. The Morgan fingerprint density at radius 3 is 1.78 bits per heavy atom. The second-order valence-electron chi connectivity index (χ2n) is 25.3. The van der Waals surface area contributed by atoms with Crippen molar-refractivity contribution < 1.29 is 47.7 Å². The summed E-state index contributed by atoms with van der Waals surface area (Å²) in [6.45, 7) is 24.0. The fourth-order valence-corrected chi connectivity index (χ4v) is 14.1. The summed E-state index contributed by atoms with van der Waals surface area (Å²) in [5, 5.41) is 0. The quantitative estimate of drug-likeness (QED) is 0.0965. The first-order valence-corrected chi connectivity index (χ1v) is 26.5. The third-order valence-corrected chi connectivity index (χ3v) is 17.2. The number of carbonyl (C=O) groups is 5. The molecule has 0 amide bonds. The summed E-state index contributed by atoms with van der Waals surface area (Å²) in [4.78, 5) is 67.5. The Balaban J connectivity index is 0.961. The van der Waals surface area contributed by atoms with Gasteiger partial charge in [-0.3, -0.25) is 24.0 Å². The van der Waals surface area contributed by atoms with Gasteiger partial charge in [-0.05, 0) is 208 Å². The van der Waals surface area contributed by atoms with Crippen LogP contribution in [0.4, 0.5) is 0 Å². The van der Waals surface area contributed by atoms with Gasteiger partial charge < -0.3 is 23.7 Å². The highest BCUT2D eigenvalue weighted by Gasteiger charge is 2.61. The fourth-order valence-electron chi connectivity index (χ4n) is 14.1. The van der Waals surface area contributed by atoms with Crippen LogP contribution in [0.25, 0.3) is 11.1 Å². The maximum atomic E-state index is 14.2. The largest absolute Gasteiger partial charge is 0.465 e. The van der Waals surface area contributed by atoms with Crippen LogP contribution in [0.1, 0.15) is 190 Å². The van der Waals surface area contributed by atoms with Crippen LogP contribution in [0.2, 0.25) is 0 Å². The van der Waals surface area contributed by atoms with Crippen LogP contribution >= 0.6 is 0 Å². The molecule has 2 aromatic carbocycles. The topological polar surface area (TPSA) is 132 Å². The lowest BCUT2D eigenvalue weighted by Crippen LogP contribution is -2.54. The second-order valence-corrected chi connectivity index (χ2v) is 25.3. The molecule has 10 atom stereocenters. The number of esters is 5. The molecule has 4 fully saturated rings.